The zero-order valence-corrected chi connectivity index (χ0v) is 12.4. The van der Waals surface area contributed by atoms with Gasteiger partial charge in [-0.1, -0.05) is 0 Å². The molecule has 0 unspecified atom stereocenters. The number of rotatable bonds is 6. The second-order valence-corrected chi connectivity index (χ2v) is 6.29. The Kier molecular flexibility index (Phi) is 6.40. The fourth-order valence-corrected chi connectivity index (χ4v) is 1.38. The van der Waals surface area contributed by atoms with Crippen molar-refractivity contribution in [1.82, 2.24) is 4.57 Å². The van der Waals surface area contributed by atoms with Gasteiger partial charge in [0.1, 0.15) is 12.4 Å². The quantitative estimate of drug-likeness (QED) is 0.322. The number of aromatic nitrogens is 2. The van der Waals surface area contributed by atoms with Crippen molar-refractivity contribution in [2.75, 3.05) is 0 Å². The summed E-state index contributed by atoms with van der Waals surface area (Å²) in [5.41, 5.74) is 0. The molecule has 11 heteroatoms. The number of aryl methyl sites for hydroxylation is 2. The van der Waals surface area contributed by atoms with Crippen LogP contribution in [0.15, 0.2) is 18.7 Å². The van der Waals surface area contributed by atoms with Crippen molar-refractivity contribution in [3.8, 4) is 12.1 Å². The molecule has 0 aliphatic rings. The molecule has 1 rings (SSSR count). The average molecular weight is 348 g/mol. The van der Waals surface area contributed by atoms with Gasteiger partial charge < -0.3 is 0 Å². The van der Waals surface area contributed by atoms with Crippen LogP contribution in [0.3, 0.4) is 0 Å². The van der Waals surface area contributed by atoms with Gasteiger partial charge in [0.25, 0.3) is 0 Å². The minimum atomic E-state index is -10.7. The standard InChI is InChI=1S/C11H15N4.F6P/c12-5-1-3-7-14-9-10-15(11-14)8-4-2-6-13;1-7(2,3,4,5)6/h9-11H,1-4,7-8H2;/q+1;-1. The monoisotopic (exact) mass is 348 g/mol. The topological polar surface area (TPSA) is 56.4 Å². The minimum absolute atomic E-state index is 0.604. The van der Waals surface area contributed by atoms with Crippen LogP contribution in [0.2, 0.25) is 0 Å². The maximum absolute atomic E-state index is 10.7. The van der Waals surface area contributed by atoms with Crippen LogP contribution in [-0.2, 0) is 13.1 Å². The van der Waals surface area contributed by atoms with Gasteiger partial charge in [-0.05, 0) is 12.8 Å². The summed E-state index contributed by atoms with van der Waals surface area (Å²) in [7, 11) is -10.7. The Balaban J connectivity index is 0.000000534. The van der Waals surface area contributed by atoms with E-state index in [0.29, 0.717) is 12.8 Å². The van der Waals surface area contributed by atoms with Crippen LogP contribution in [0, 0.1) is 22.7 Å². The normalized spacial score (nSPS) is 13.8. The summed E-state index contributed by atoms with van der Waals surface area (Å²) in [5, 5.41) is 16.8. The molecule has 0 atom stereocenters. The van der Waals surface area contributed by atoms with Gasteiger partial charge in [0, 0.05) is 12.8 Å². The van der Waals surface area contributed by atoms with Crippen LogP contribution < -0.4 is 4.57 Å². The van der Waals surface area contributed by atoms with Gasteiger partial charge in [0.05, 0.1) is 25.2 Å². The summed E-state index contributed by atoms with van der Waals surface area (Å²) < 4.78 is 63.3. The van der Waals surface area contributed by atoms with Crippen LogP contribution in [-0.4, -0.2) is 4.57 Å². The third-order valence-corrected chi connectivity index (χ3v) is 2.16. The fraction of sp³-hybridized carbons (Fsp3) is 0.545. The number of unbranched alkanes of at least 4 members (excludes halogenated alkanes) is 2. The van der Waals surface area contributed by atoms with Gasteiger partial charge in [-0.3, -0.25) is 0 Å². The van der Waals surface area contributed by atoms with Crippen molar-refractivity contribution in [2.24, 2.45) is 0 Å². The molecule has 0 saturated heterocycles. The van der Waals surface area contributed by atoms with Crippen molar-refractivity contribution in [3.05, 3.63) is 18.7 Å². The molecule has 0 fully saturated rings. The fourth-order valence-electron chi connectivity index (χ4n) is 1.38. The van der Waals surface area contributed by atoms with Crippen molar-refractivity contribution in [2.45, 2.75) is 38.8 Å². The zero-order chi connectivity index (χ0) is 17.3. The molecule has 0 N–H and O–H groups in total. The van der Waals surface area contributed by atoms with E-state index >= 15 is 0 Å². The molecule has 0 radical (unpaired) electrons. The molecule has 126 valence electrons. The van der Waals surface area contributed by atoms with Gasteiger partial charge in [0.15, 0.2) is 0 Å². The number of hydrogen-bond acceptors (Lipinski definition) is 2. The third-order valence-electron chi connectivity index (χ3n) is 2.16. The number of halogens is 6. The largest absolute Gasteiger partial charge is 0.243 e. The number of nitrogens with zero attached hydrogens (tertiary/aromatic N) is 4. The first-order valence-corrected chi connectivity index (χ1v) is 8.20. The van der Waals surface area contributed by atoms with E-state index < -0.39 is 7.81 Å². The molecular weight excluding hydrogens is 333 g/mol. The Labute approximate surface area is 123 Å². The molecular formula is C11H15F6N4P. The van der Waals surface area contributed by atoms with E-state index in [4.69, 9.17) is 10.5 Å². The molecule has 0 saturated carbocycles. The number of imidazole rings is 1. The Morgan fingerprint density at radius 3 is 1.95 bits per heavy atom. The molecule has 0 aromatic carbocycles. The van der Waals surface area contributed by atoms with Crippen molar-refractivity contribution in [3.63, 3.8) is 0 Å². The smallest absolute Gasteiger partial charge is 0.237 e. The second kappa shape index (κ2) is 6.97. The summed E-state index contributed by atoms with van der Waals surface area (Å²) in [6.07, 6.45) is 9.02. The van der Waals surface area contributed by atoms with E-state index in [1.165, 1.54) is 0 Å². The molecule has 1 aromatic heterocycles. The van der Waals surface area contributed by atoms with Crippen molar-refractivity contribution >= 4 is 7.81 Å². The molecule has 0 aliphatic carbocycles. The maximum atomic E-state index is 9.87. The summed E-state index contributed by atoms with van der Waals surface area (Å²) in [6, 6.07) is 4.26. The Bertz CT molecular complexity index is 505. The number of hydrogen-bond donors (Lipinski definition) is 0. The van der Waals surface area contributed by atoms with Crippen LogP contribution in [0.25, 0.3) is 0 Å². The summed E-state index contributed by atoms with van der Waals surface area (Å²) >= 11 is 0. The van der Waals surface area contributed by atoms with Gasteiger partial charge in [0.2, 0.25) is 6.33 Å². The maximum Gasteiger partial charge on any atom is 0.243 e. The molecule has 0 spiro atoms. The average Bonchev–Trinajstić information content (AvgIpc) is 2.74. The van der Waals surface area contributed by atoms with Gasteiger partial charge in [-0.15, -0.1) is 0 Å². The third kappa shape index (κ3) is 18.2. The van der Waals surface area contributed by atoms with E-state index in [0.717, 1.165) is 25.9 Å². The van der Waals surface area contributed by atoms with Crippen LogP contribution >= 0.6 is 7.81 Å². The van der Waals surface area contributed by atoms with E-state index in [1.54, 1.807) is 0 Å². The van der Waals surface area contributed by atoms with Crippen LogP contribution in [0.5, 0.6) is 0 Å². The Morgan fingerprint density at radius 1 is 0.955 bits per heavy atom. The van der Waals surface area contributed by atoms with E-state index in [2.05, 4.69) is 21.3 Å². The zero-order valence-electron chi connectivity index (χ0n) is 11.5. The summed E-state index contributed by atoms with van der Waals surface area (Å²) in [5.74, 6) is 0. The van der Waals surface area contributed by atoms with Gasteiger partial charge >= 0.3 is 33.0 Å². The van der Waals surface area contributed by atoms with Gasteiger partial charge in [-0.2, -0.15) is 10.5 Å². The molecule has 0 aliphatic heterocycles. The van der Waals surface area contributed by atoms with Crippen LogP contribution in [0.4, 0.5) is 25.2 Å². The number of nitriles is 2. The van der Waals surface area contributed by atoms with Gasteiger partial charge in [-0.25, -0.2) is 9.13 Å². The van der Waals surface area contributed by atoms with E-state index in [1.807, 2.05) is 18.7 Å². The molecule has 1 heterocycles. The first-order chi connectivity index (χ1) is 9.81. The summed E-state index contributed by atoms with van der Waals surface area (Å²) in [6.45, 7) is 1.78. The predicted octanol–water partition coefficient (Wildman–Crippen LogP) is 4.77. The molecule has 22 heavy (non-hydrogen) atoms. The minimum Gasteiger partial charge on any atom is -0.237 e. The second-order valence-electron chi connectivity index (χ2n) is 4.37. The van der Waals surface area contributed by atoms with E-state index in [9.17, 15) is 25.2 Å². The molecule has 0 amide bonds. The Morgan fingerprint density at radius 2 is 1.45 bits per heavy atom. The van der Waals surface area contributed by atoms with Crippen molar-refractivity contribution in [1.29, 1.82) is 10.5 Å². The SMILES string of the molecule is F[P-](F)(F)(F)(F)F.N#CCCCn1cc[n+](CCCC#N)c1. The van der Waals surface area contributed by atoms with Crippen molar-refractivity contribution < 1.29 is 29.7 Å². The molecule has 4 nitrogen and oxygen atoms in total. The first kappa shape index (κ1) is 20.2. The molecule has 0 bridgehead atoms. The summed E-state index contributed by atoms with van der Waals surface area (Å²) in [4.78, 5) is 0. The molecule has 1 aromatic rings. The van der Waals surface area contributed by atoms with E-state index in [-0.39, 0.29) is 0 Å². The Hall–Kier alpha value is -1.80. The first-order valence-electron chi connectivity index (χ1n) is 6.17. The predicted molar refractivity (Wildman–Crippen MR) is 67.9 cm³/mol. The van der Waals surface area contributed by atoms with Crippen LogP contribution in [0.1, 0.15) is 25.7 Å².